The van der Waals surface area contributed by atoms with Gasteiger partial charge < -0.3 is 0 Å². The molecule has 1 saturated carbocycles. The van der Waals surface area contributed by atoms with Crippen molar-refractivity contribution in [1.82, 2.24) is 4.72 Å². The number of aliphatic imine (C=N–C) groups is 1. The van der Waals surface area contributed by atoms with E-state index in [-0.39, 0.29) is 15.7 Å². The normalized spacial score (nSPS) is 26.2. The Balaban J connectivity index is 2.04. The molecule has 0 atom stereocenters. The molecule has 1 aliphatic carbocycles. The van der Waals surface area contributed by atoms with Crippen molar-refractivity contribution in [3.05, 3.63) is 11.4 Å². The van der Waals surface area contributed by atoms with Crippen molar-refractivity contribution in [2.24, 2.45) is 4.99 Å². The minimum Gasteiger partial charge on any atom is -0.247 e. The summed E-state index contributed by atoms with van der Waals surface area (Å²) in [6.45, 7) is 2.04. The molecular weight excluding hydrogens is 306 g/mol. The molecule has 2 aliphatic rings. The number of sulfonamides is 1. The van der Waals surface area contributed by atoms with Crippen molar-refractivity contribution in [3.63, 3.8) is 0 Å². The lowest BCUT2D eigenvalue weighted by Gasteiger charge is -2.28. The van der Waals surface area contributed by atoms with E-state index < -0.39 is 10.0 Å². The second-order valence-corrected chi connectivity index (χ2v) is 8.25. The number of hydrogen-bond acceptors (Lipinski definition) is 4. The summed E-state index contributed by atoms with van der Waals surface area (Å²) < 4.78 is 28.2. The van der Waals surface area contributed by atoms with E-state index in [1.165, 1.54) is 4.42 Å². The highest BCUT2D eigenvalue weighted by Crippen LogP contribution is 2.37. The average Bonchev–Trinajstić information content (AvgIpc) is 2.94. The maximum absolute atomic E-state index is 12.1. The fraction of sp³-hybridized carbons (Fsp3) is 0.545. The van der Waals surface area contributed by atoms with Gasteiger partial charge in [0.05, 0.1) is 11.2 Å². The summed E-state index contributed by atoms with van der Waals surface area (Å²) in [5.41, 5.74) is 0.254. The number of thiophene rings is 1. The van der Waals surface area contributed by atoms with Gasteiger partial charge in [0.2, 0.25) is 5.96 Å². The number of nitrogens with one attached hydrogen (secondary N) is 1. The summed E-state index contributed by atoms with van der Waals surface area (Å²) in [4.78, 5) is 4.55. The van der Waals surface area contributed by atoms with Gasteiger partial charge in [-0.1, -0.05) is 12.8 Å². The topological polar surface area (TPSA) is 61.8 Å². The van der Waals surface area contributed by atoms with Crippen molar-refractivity contribution in [1.29, 1.82) is 0 Å². The lowest BCUT2D eigenvalue weighted by molar-refractivity contribution is 0.489. The molecule has 0 radical (unpaired) electrons. The van der Waals surface area contributed by atoms with Crippen LogP contribution in [0.2, 0.25) is 0 Å². The summed E-state index contributed by atoms with van der Waals surface area (Å²) in [6.07, 6.45) is 4.15. The van der Waals surface area contributed by atoms with Crippen molar-refractivity contribution in [3.8, 4) is 0 Å². The van der Waals surface area contributed by atoms with E-state index in [1.807, 2.05) is 6.92 Å². The van der Waals surface area contributed by atoms with Gasteiger partial charge in [-0.2, -0.15) is 0 Å². The molecular formula is C11H14ClN3O2S2. The van der Waals surface area contributed by atoms with E-state index in [0.29, 0.717) is 5.69 Å². The second kappa shape index (κ2) is 4.36. The highest BCUT2D eigenvalue weighted by atomic mass is 35.5. The van der Waals surface area contributed by atoms with Gasteiger partial charge in [-0.3, -0.25) is 0 Å². The largest absolute Gasteiger partial charge is 0.275 e. The summed E-state index contributed by atoms with van der Waals surface area (Å²) >= 11 is 7.35. The van der Waals surface area contributed by atoms with Crippen molar-refractivity contribution in [2.75, 3.05) is 4.42 Å². The van der Waals surface area contributed by atoms with Crippen LogP contribution in [0.3, 0.4) is 0 Å². The molecule has 1 aromatic rings. The third kappa shape index (κ3) is 2.23. The van der Waals surface area contributed by atoms with Gasteiger partial charge in [0, 0.05) is 11.8 Å². The van der Waals surface area contributed by atoms with Crippen LogP contribution in [-0.2, 0) is 10.0 Å². The molecule has 5 nitrogen and oxygen atoms in total. The Morgan fingerprint density at radius 2 is 2.16 bits per heavy atom. The fourth-order valence-electron chi connectivity index (χ4n) is 2.53. The summed E-state index contributed by atoms with van der Waals surface area (Å²) in [6, 6.07) is 1.69. The van der Waals surface area contributed by atoms with E-state index in [2.05, 4.69) is 9.71 Å². The SMILES string of the molecule is CC1(N=C2NS(=O)(=O)c3sccc3N2Cl)CCCC1. The first-order valence-corrected chi connectivity index (χ1v) is 8.77. The average molecular weight is 320 g/mol. The monoisotopic (exact) mass is 319 g/mol. The number of hydrogen-bond donors (Lipinski definition) is 1. The molecule has 0 saturated heterocycles. The number of fused-ring (bicyclic) bond motifs is 1. The van der Waals surface area contributed by atoms with Crippen molar-refractivity contribution < 1.29 is 8.42 Å². The third-order valence-corrected chi connectivity index (χ3v) is 6.67. The molecule has 3 rings (SSSR count). The zero-order valence-corrected chi connectivity index (χ0v) is 12.8. The molecule has 104 valence electrons. The van der Waals surface area contributed by atoms with Gasteiger partial charge in [0.25, 0.3) is 10.0 Å². The molecule has 0 bridgehead atoms. The maximum atomic E-state index is 12.1. The zero-order valence-electron chi connectivity index (χ0n) is 10.4. The van der Waals surface area contributed by atoms with Crippen LogP contribution in [-0.4, -0.2) is 19.9 Å². The Morgan fingerprint density at radius 1 is 1.47 bits per heavy atom. The predicted octanol–water partition coefficient (Wildman–Crippen LogP) is 2.69. The number of anilines is 1. The van der Waals surface area contributed by atoms with Crippen LogP contribution >= 0.6 is 23.1 Å². The molecule has 1 aliphatic heterocycles. The number of halogens is 1. The maximum Gasteiger partial charge on any atom is 0.275 e. The zero-order chi connectivity index (χ0) is 13.7. The molecule has 8 heteroatoms. The van der Waals surface area contributed by atoms with Gasteiger partial charge in [-0.15, -0.1) is 11.3 Å². The second-order valence-electron chi connectivity index (χ2n) is 5.12. The van der Waals surface area contributed by atoms with Crippen LogP contribution in [0.5, 0.6) is 0 Å². The van der Waals surface area contributed by atoms with Crippen LogP contribution < -0.4 is 9.14 Å². The van der Waals surface area contributed by atoms with Crippen molar-refractivity contribution in [2.45, 2.75) is 42.4 Å². The molecule has 0 amide bonds. The van der Waals surface area contributed by atoms with Crippen molar-refractivity contribution >= 4 is 44.8 Å². The Morgan fingerprint density at radius 3 is 2.84 bits per heavy atom. The van der Waals surface area contributed by atoms with Crippen LogP contribution in [0.15, 0.2) is 20.6 Å². The Labute approximate surface area is 121 Å². The molecule has 1 N–H and O–H groups in total. The van der Waals surface area contributed by atoms with Crippen LogP contribution in [0, 0.1) is 0 Å². The van der Waals surface area contributed by atoms with E-state index in [0.717, 1.165) is 37.0 Å². The lowest BCUT2D eigenvalue weighted by atomic mass is 10.0. The first kappa shape index (κ1) is 13.2. The number of nitrogens with zero attached hydrogens (tertiary/aromatic N) is 2. The predicted molar refractivity (Wildman–Crippen MR) is 77.3 cm³/mol. The minimum atomic E-state index is -3.54. The Kier molecular flexibility index (Phi) is 3.03. The molecule has 19 heavy (non-hydrogen) atoms. The number of rotatable bonds is 1. The first-order valence-electron chi connectivity index (χ1n) is 6.07. The molecule has 1 fully saturated rings. The van der Waals surface area contributed by atoms with E-state index in [4.69, 9.17) is 11.8 Å². The smallest absolute Gasteiger partial charge is 0.247 e. The molecule has 0 unspecified atom stereocenters. The highest BCUT2D eigenvalue weighted by molar-refractivity contribution is 7.92. The molecule has 0 spiro atoms. The Bertz CT molecular complexity index is 632. The first-order chi connectivity index (χ1) is 8.91. The van der Waals surface area contributed by atoms with Crippen LogP contribution in [0.25, 0.3) is 0 Å². The van der Waals surface area contributed by atoms with Gasteiger partial charge in [-0.25, -0.2) is 22.6 Å². The Hall–Kier alpha value is -0.790. The van der Waals surface area contributed by atoms with Gasteiger partial charge in [-0.05, 0) is 31.2 Å². The molecule has 2 heterocycles. The standard InChI is InChI=1S/C11H14ClN3O2S2/c1-11(5-2-3-6-11)13-10-14-19(16,17)9-8(15(10)12)4-7-18-9/h4,7H,2-3,5-6H2,1H3,(H,13,14). The quantitative estimate of drug-likeness (QED) is 0.810. The van der Waals surface area contributed by atoms with E-state index in [1.54, 1.807) is 11.4 Å². The summed E-state index contributed by atoms with van der Waals surface area (Å²) in [7, 11) is -3.54. The van der Waals surface area contributed by atoms with Gasteiger partial charge in [0.15, 0.2) is 4.21 Å². The summed E-state index contributed by atoms with van der Waals surface area (Å²) in [5.74, 6) is 0.206. The lowest BCUT2D eigenvalue weighted by Crippen LogP contribution is -2.45. The summed E-state index contributed by atoms with van der Waals surface area (Å²) in [5, 5.41) is 1.71. The van der Waals surface area contributed by atoms with Crippen LogP contribution in [0.4, 0.5) is 5.69 Å². The third-order valence-electron chi connectivity index (χ3n) is 3.53. The van der Waals surface area contributed by atoms with E-state index >= 15 is 0 Å². The molecule has 0 aromatic carbocycles. The fourth-order valence-corrected chi connectivity index (χ4v) is 5.20. The van der Waals surface area contributed by atoms with Gasteiger partial charge in [0.1, 0.15) is 0 Å². The van der Waals surface area contributed by atoms with Gasteiger partial charge >= 0.3 is 0 Å². The van der Waals surface area contributed by atoms with E-state index in [9.17, 15) is 8.42 Å². The van der Waals surface area contributed by atoms with Crippen LogP contribution in [0.1, 0.15) is 32.6 Å². The number of guanidine groups is 1. The molecule has 1 aromatic heterocycles. The minimum absolute atomic E-state index is 0.206. The highest BCUT2D eigenvalue weighted by Gasteiger charge is 2.36.